The Morgan fingerprint density at radius 1 is 0.929 bits per heavy atom. The highest BCUT2D eigenvalue weighted by Crippen LogP contribution is 2.25. The third kappa shape index (κ3) is 4.45. The topological polar surface area (TPSA) is 9.23 Å². The van der Waals surface area contributed by atoms with E-state index in [1.54, 1.807) is 0 Å². The maximum Gasteiger partial charge on any atom is 0.0579 e. The lowest BCUT2D eigenvalue weighted by Crippen LogP contribution is -2.09. The lowest BCUT2D eigenvalue weighted by atomic mass is 10.1. The van der Waals surface area contributed by atoms with Crippen LogP contribution in [-0.4, -0.2) is 12.2 Å². The summed E-state index contributed by atoms with van der Waals surface area (Å²) < 4.78 is 5.92. The highest BCUT2D eigenvalue weighted by Gasteiger charge is 2.22. The third-order valence-corrected chi connectivity index (χ3v) is 3.28. The molecule has 0 aromatic heterocycles. The van der Waals surface area contributed by atoms with Crippen LogP contribution in [0.2, 0.25) is 0 Å². The van der Waals surface area contributed by atoms with Crippen LogP contribution in [0.3, 0.4) is 0 Å². The van der Waals surface area contributed by atoms with Gasteiger partial charge < -0.3 is 4.74 Å². The van der Waals surface area contributed by atoms with Gasteiger partial charge in [-0.3, -0.25) is 0 Å². The van der Waals surface area contributed by atoms with Crippen molar-refractivity contribution in [3.63, 3.8) is 0 Å². The first-order chi connectivity index (χ1) is 6.86. The van der Waals surface area contributed by atoms with E-state index in [1.807, 2.05) is 0 Å². The van der Waals surface area contributed by atoms with Gasteiger partial charge in [0.1, 0.15) is 0 Å². The molecule has 2 atom stereocenters. The van der Waals surface area contributed by atoms with E-state index in [-0.39, 0.29) is 0 Å². The Morgan fingerprint density at radius 2 is 1.64 bits per heavy atom. The second-order valence-electron chi connectivity index (χ2n) is 4.57. The van der Waals surface area contributed by atoms with Gasteiger partial charge in [-0.1, -0.05) is 46.0 Å². The molecular weight excluding hydrogens is 172 g/mol. The van der Waals surface area contributed by atoms with E-state index < -0.39 is 0 Å². The number of rotatable bonds is 7. The molecule has 0 unspecified atom stereocenters. The largest absolute Gasteiger partial charge is 0.375 e. The molecule has 0 aliphatic carbocycles. The molecule has 1 aliphatic rings. The first-order valence-corrected chi connectivity index (χ1v) is 6.52. The van der Waals surface area contributed by atoms with Gasteiger partial charge in [-0.25, -0.2) is 0 Å². The zero-order valence-electron chi connectivity index (χ0n) is 9.93. The van der Waals surface area contributed by atoms with Crippen LogP contribution in [0.4, 0.5) is 0 Å². The van der Waals surface area contributed by atoms with Gasteiger partial charge in [0.05, 0.1) is 12.2 Å². The minimum Gasteiger partial charge on any atom is -0.375 e. The summed E-state index contributed by atoms with van der Waals surface area (Å²) in [6.07, 6.45) is 13.2. The highest BCUT2D eigenvalue weighted by molar-refractivity contribution is 4.72. The minimum atomic E-state index is 0.579. The van der Waals surface area contributed by atoms with Crippen molar-refractivity contribution in [2.24, 2.45) is 0 Å². The Labute approximate surface area is 89.2 Å². The molecule has 0 saturated carbocycles. The van der Waals surface area contributed by atoms with Crippen LogP contribution in [0.1, 0.15) is 71.6 Å². The molecule has 0 amide bonds. The van der Waals surface area contributed by atoms with Gasteiger partial charge in [0, 0.05) is 0 Å². The highest BCUT2D eigenvalue weighted by atomic mass is 16.5. The van der Waals surface area contributed by atoms with Gasteiger partial charge in [0.2, 0.25) is 0 Å². The zero-order valence-corrected chi connectivity index (χ0v) is 9.93. The normalized spacial score (nSPS) is 27.0. The molecule has 0 radical (unpaired) electrons. The van der Waals surface area contributed by atoms with Gasteiger partial charge in [-0.15, -0.1) is 0 Å². The van der Waals surface area contributed by atoms with E-state index in [2.05, 4.69) is 13.8 Å². The second-order valence-corrected chi connectivity index (χ2v) is 4.57. The molecular formula is C13H26O. The maximum absolute atomic E-state index is 5.92. The van der Waals surface area contributed by atoms with Crippen molar-refractivity contribution in [3.05, 3.63) is 0 Å². The minimum absolute atomic E-state index is 0.579. The molecule has 1 saturated heterocycles. The molecule has 0 aromatic carbocycles. The summed E-state index contributed by atoms with van der Waals surface area (Å²) in [5.41, 5.74) is 0. The monoisotopic (exact) mass is 198 g/mol. The summed E-state index contributed by atoms with van der Waals surface area (Å²) in [7, 11) is 0. The molecule has 0 bridgehead atoms. The summed E-state index contributed by atoms with van der Waals surface area (Å²) in [4.78, 5) is 0. The first-order valence-electron chi connectivity index (χ1n) is 6.52. The van der Waals surface area contributed by atoms with Crippen LogP contribution in [0.5, 0.6) is 0 Å². The number of hydrogen-bond donors (Lipinski definition) is 0. The molecule has 84 valence electrons. The molecule has 0 spiro atoms. The van der Waals surface area contributed by atoms with Crippen LogP contribution in [0.15, 0.2) is 0 Å². The van der Waals surface area contributed by atoms with Crippen molar-refractivity contribution >= 4 is 0 Å². The zero-order chi connectivity index (χ0) is 10.2. The Kier molecular flexibility index (Phi) is 6.25. The van der Waals surface area contributed by atoms with Crippen LogP contribution in [0.25, 0.3) is 0 Å². The quantitative estimate of drug-likeness (QED) is 0.554. The van der Waals surface area contributed by atoms with Gasteiger partial charge in [0.25, 0.3) is 0 Å². The number of ether oxygens (including phenoxy) is 1. The van der Waals surface area contributed by atoms with Crippen LogP contribution in [0, 0.1) is 0 Å². The van der Waals surface area contributed by atoms with Gasteiger partial charge in [0.15, 0.2) is 0 Å². The summed E-state index contributed by atoms with van der Waals surface area (Å²) in [5.74, 6) is 0. The molecule has 1 heteroatoms. The fourth-order valence-electron chi connectivity index (χ4n) is 2.27. The molecule has 1 rings (SSSR count). The number of hydrogen-bond acceptors (Lipinski definition) is 1. The van der Waals surface area contributed by atoms with Crippen LogP contribution in [-0.2, 0) is 4.74 Å². The Bertz CT molecular complexity index is 133. The summed E-state index contributed by atoms with van der Waals surface area (Å²) in [6.45, 7) is 4.50. The molecule has 0 N–H and O–H groups in total. The maximum atomic E-state index is 5.92. The average molecular weight is 198 g/mol. The van der Waals surface area contributed by atoms with Gasteiger partial charge >= 0.3 is 0 Å². The van der Waals surface area contributed by atoms with Crippen molar-refractivity contribution in [3.8, 4) is 0 Å². The summed E-state index contributed by atoms with van der Waals surface area (Å²) >= 11 is 0. The van der Waals surface area contributed by atoms with Gasteiger partial charge in [-0.05, 0) is 25.7 Å². The molecule has 0 aromatic rings. The standard InChI is InChI=1S/C13H26O/c1-3-5-6-7-8-9-13-11-10-12(4-2)14-13/h12-13H,3-11H2,1-2H3/t12-,13-/m1/s1. The second kappa shape index (κ2) is 7.28. The molecule has 1 aliphatic heterocycles. The molecule has 1 nitrogen and oxygen atoms in total. The van der Waals surface area contributed by atoms with Crippen molar-refractivity contribution in [1.29, 1.82) is 0 Å². The average Bonchev–Trinajstić information content (AvgIpc) is 2.65. The van der Waals surface area contributed by atoms with Crippen molar-refractivity contribution < 1.29 is 4.74 Å². The van der Waals surface area contributed by atoms with Crippen LogP contribution < -0.4 is 0 Å². The third-order valence-electron chi connectivity index (χ3n) is 3.28. The van der Waals surface area contributed by atoms with E-state index >= 15 is 0 Å². The molecule has 14 heavy (non-hydrogen) atoms. The smallest absolute Gasteiger partial charge is 0.0579 e. The molecule has 1 fully saturated rings. The van der Waals surface area contributed by atoms with E-state index in [0.717, 1.165) is 0 Å². The van der Waals surface area contributed by atoms with Crippen molar-refractivity contribution in [2.75, 3.05) is 0 Å². The first kappa shape index (κ1) is 12.0. The molecule has 1 heterocycles. The van der Waals surface area contributed by atoms with E-state index in [9.17, 15) is 0 Å². The summed E-state index contributed by atoms with van der Waals surface area (Å²) in [6, 6.07) is 0. The fourth-order valence-corrected chi connectivity index (χ4v) is 2.27. The van der Waals surface area contributed by atoms with Crippen molar-refractivity contribution in [1.82, 2.24) is 0 Å². The predicted octanol–water partition coefficient (Wildman–Crippen LogP) is 4.30. The van der Waals surface area contributed by atoms with E-state index in [0.29, 0.717) is 12.2 Å². The van der Waals surface area contributed by atoms with Crippen LogP contribution >= 0.6 is 0 Å². The Morgan fingerprint density at radius 3 is 2.29 bits per heavy atom. The van der Waals surface area contributed by atoms with Gasteiger partial charge in [-0.2, -0.15) is 0 Å². The fraction of sp³-hybridized carbons (Fsp3) is 1.00. The Hall–Kier alpha value is -0.0400. The lowest BCUT2D eigenvalue weighted by Gasteiger charge is -2.11. The van der Waals surface area contributed by atoms with E-state index in [1.165, 1.54) is 57.8 Å². The SMILES string of the molecule is CCCCCCC[C@@H]1CC[C@@H](CC)O1. The van der Waals surface area contributed by atoms with Crippen molar-refractivity contribution in [2.45, 2.75) is 83.8 Å². The predicted molar refractivity (Wildman–Crippen MR) is 61.6 cm³/mol. The Balaban J connectivity index is 1.92. The van der Waals surface area contributed by atoms with E-state index in [4.69, 9.17) is 4.74 Å². The number of unbranched alkanes of at least 4 members (excludes halogenated alkanes) is 4. The lowest BCUT2D eigenvalue weighted by molar-refractivity contribution is 0.0375. The summed E-state index contributed by atoms with van der Waals surface area (Å²) in [5, 5.41) is 0.